The lowest BCUT2D eigenvalue weighted by Crippen LogP contribution is -2.51. The van der Waals surface area contributed by atoms with Crippen LogP contribution in [0, 0.1) is 0 Å². The van der Waals surface area contributed by atoms with Gasteiger partial charge in [0.25, 0.3) is 0 Å². The molecule has 0 saturated carbocycles. The summed E-state index contributed by atoms with van der Waals surface area (Å²) in [6.07, 6.45) is -14.0. The van der Waals surface area contributed by atoms with Crippen LogP contribution in [0.4, 0.5) is 26.3 Å². The Kier molecular flexibility index (Phi) is 7.57. The maximum absolute atomic E-state index is 12.7. The van der Waals surface area contributed by atoms with Crippen molar-refractivity contribution in [3.63, 3.8) is 0 Å². The van der Waals surface area contributed by atoms with Crippen molar-refractivity contribution in [3.05, 3.63) is 0 Å². The molecule has 12 heteroatoms. The zero-order chi connectivity index (χ0) is 18.7. The second-order valence-corrected chi connectivity index (χ2v) is 6.94. The van der Waals surface area contributed by atoms with Crippen LogP contribution < -0.4 is 0 Å². The third-order valence-electron chi connectivity index (χ3n) is 2.88. The molecule has 0 fully saturated rings. The Hall–Kier alpha value is -0.350. The third-order valence-corrected chi connectivity index (χ3v) is 4.15. The van der Waals surface area contributed by atoms with Gasteiger partial charge >= 0.3 is 20.1 Å². The van der Waals surface area contributed by atoms with Crippen molar-refractivity contribution in [1.29, 1.82) is 0 Å². The maximum atomic E-state index is 12.7. The topological polar surface area (TPSA) is 70.0 Å². The summed E-state index contributed by atoms with van der Waals surface area (Å²) in [4.78, 5) is 18.4. The predicted octanol–water partition coefficient (Wildman–Crippen LogP) is 3.47. The van der Waals surface area contributed by atoms with Crippen LogP contribution in [0.15, 0.2) is 0 Å². The number of nitrogens with zero attached hydrogens (tertiary/aromatic N) is 1. The second kappa shape index (κ2) is 7.69. The zero-order valence-corrected chi connectivity index (χ0v) is 13.7. The van der Waals surface area contributed by atoms with E-state index in [2.05, 4.69) is 0 Å². The molecule has 0 aliphatic carbocycles. The van der Waals surface area contributed by atoms with Crippen LogP contribution in [0.3, 0.4) is 0 Å². The molecule has 0 bridgehead atoms. The molecule has 140 valence electrons. The number of hydrogen-bond donors (Lipinski definition) is 2. The van der Waals surface area contributed by atoms with Crippen molar-refractivity contribution in [2.45, 2.75) is 57.6 Å². The lowest BCUT2D eigenvalue weighted by molar-refractivity contribution is -0.232. The molecular weight excluding hydrogens is 355 g/mol. The third kappa shape index (κ3) is 8.90. The van der Waals surface area contributed by atoms with Crippen molar-refractivity contribution >= 4 is 7.75 Å². The van der Waals surface area contributed by atoms with E-state index < -0.39 is 57.7 Å². The number of ether oxygens (including phenoxy) is 1. The van der Waals surface area contributed by atoms with Gasteiger partial charge in [-0.25, -0.2) is 9.24 Å². The second-order valence-electron chi connectivity index (χ2n) is 5.40. The van der Waals surface area contributed by atoms with Gasteiger partial charge in [-0.05, 0) is 20.8 Å². The highest BCUT2D eigenvalue weighted by molar-refractivity contribution is 7.49. The molecule has 0 spiro atoms. The van der Waals surface area contributed by atoms with Gasteiger partial charge in [-0.1, -0.05) is 0 Å². The van der Waals surface area contributed by atoms with Crippen molar-refractivity contribution in [1.82, 2.24) is 4.67 Å². The van der Waals surface area contributed by atoms with Gasteiger partial charge in [0.1, 0.15) is 0 Å². The highest BCUT2D eigenvalue weighted by Crippen LogP contribution is 2.46. The molecule has 0 radical (unpaired) electrons. The van der Waals surface area contributed by atoms with Crippen molar-refractivity contribution in [2.75, 3.05) is 13.2 Å². The van der Waals surface area contributed by atoms with E-state index in [0.29, 0.717) is 0 Å². The van der Waals surface area contributed by atoms with E-state index >= 15 is 0 Å². The Balaban J connectivity index is 5.82. The van der Waals surface area contributed by atoms with E-state index in [0.717, 1.165) is 0 Å². The van der Waals surface area contributed by atoms with Crippen LogP contribution in [0.1, 0.15) is 33.6 Å². The summed E-state index contributed by atoms with van der Waals surface area (Å²) >= 11 is 0. The Bertz CT molecular complexity index is 404. The van der Waals surface area contributed by atoms with E-state index in [1.165, 1.54) is 20.8 Å². The standard InChI is InChI=1S/C11H20F6NO4P/c1-4-22-9(5-10(12,13)14,6-11(15,16)17)7-18(8(2)3)23(19,20)21/h8H,4-7H2,1-3H3,(H2,19,20,21). The van der Waals surface area contributed by atoms with E-state index in [9.17, 15) is 40.7 Å². The summed E-state index contributed by atoms with van der Waals surface area (Å²) in [6.45, 7) is 2.02. The normalized spacial score (nSPS) is 14.8. The lowest BCUT2D eigenvalue weighted by Gasteiger charge is -2.40. The summed E-state index contributed by atoms with van der Waals surface area (Å²) in [5.74, 6) is 0. The van der Waals surface area contributed by atoms with Gasteiger partial charge in [0.2, 0.25) is 0 Å². The minimum absolute atomic E-state index is 0.278. The summed E-state index contributed by atoms with van der Waals surface area (Å²) < 4.78 is 92.8. The molecule has 0 aromatic carbocycles. The van der Waals surface area contributed by atoms with Gasteiger partial charge in [0.05, 0.1) is 18.4 Å². The van der Waals surface area contributed by atoms with Crippen LogP contribution in [0.2, 0.25) is 0 Å². The van der Waals surface area contributed by atoms with Gasteiger partial charge in [-0.3, -0.25) is 0 Å². The predicted molar refractivity (Wildman–Crippen MR) is 69.6 cm³/mol. The number of halogens is 6. The van der Waals surface area contributed by atoms with E-state index in [-0.39, 0.29) is 4.67 Å². The Morgan fingerprint density at radius 1 is 1.04 bits per heavy atom. The van der Waals surface area contributed by atoms with Crippen LogP contribution in [0.25, 0.3) is 0 Å². The van der Waals surface area contributed by atoms with Gasteiger partial charge < -0.3 is 14.5 Å². The smallest absolute Gasteiger partial charge is 0.373 e. The van der Waals surface area contributed by atoms with Crippen LogP contribution >= 0.6 is 7.75 Å². The molecule has 2 N–H and O–H groups in total. The molecule has 0 atom stereocenters. The minimum atomic E-state index is -5.06. The fourth-order valence-corrected chi connectivity index (χ4v) is 3.27. The Morgan fingerprint density at radius 3 is 1.65 bits per heavy atom. The lowest BCUT2D eigenvalue weighted by atomic mass is 9.93. The summed E-state index contributed by atoms with van der Waals surface area (Å²) in [6, 6.07) is -0.989. The van der Waals surface area contributed by atoms with E-state index in [1.54, 1.807) is 0 Å². The molecule has 0 aliphatic rings. The average Bonchev–Trinajstić information content (AvgIpc) is 2.19. The molecule has 0 rings (SSSR count). The molecule has 0 unspecified atom stereocenters. The maximum Gasteiger partial charge on any atom is 0.403 e. The first-order chi connectivity index (χ1) is 10.0. The molecule has 23 heavy (non-hydrogen) atoms. The number of alkyl halides is 6. The fraction of sp³-hybridized carbons (Fsp3) is 1.00. The molecule has 0 aliphatic heterocycles. The SMILES string of the molecule is CCOC(CN(C(C)C)P(=O)(O)O)(CC(F)(F)F)CC(F)(F)F. The summed E-state index contributed by atoms with van der Waals surface area (Å²) in [7, 11) is -5.06. The first kappa shape index (κ1) is 22.6. The van der Waals surface area contributed by atoms with Crippen LogP contribution in [-0.4, -0.2) is 51.6 Å². The summed E-state index contributed by atoms with van der Waals surface area (Å²) in [5.41, 5.74) is -2.84. The highest BCUT2D eigenvalue weighted by atomic mass is 31.2. The monoisotopic (exact) mass is 375 g/mol. The van der Waals surface area contributed by atoms with Crippen molar-refractivity contribution in [2.24, 2.45) is 0 Å². The fourth-order valence-electron chi connectivity index (χ4n) is 2.23. The largest absolute Gasteiger partial charge is 0.403 e. The first-order valence-electron chi connectivity index (χ1n) is 6.61. The molecule has 0 aromatic rings. The van der Waals surface area contributed by atoms with Crippen LogP contribution in [0.5, 0.6) is 0 Å². The Morgan fingerprint density at radius 2 is 1.43 bits per heavy atom. The van der Waals surface area contributed by atoms with Crippen molar-refractivity contribution < 1.29 is 45.4 Å². The number of hydrogen-bond acceptors (Lipinski definition) is 2. The quantitative estimate of drug-likeness (QED) is 0.502. The van der Waals surface area contributed by atoms with E-state index in [4.69, 9.17) is 4.74 Å². The highest BCUT2D eigenvalue weighted by Gasteiger charge is 2.52. The van der Waals surface area contributed by atoms with Gasteiger partial charge in [0, 0.05) is 19.2 Å². The average molecular weight is 375 g/mol. The Labute approximate surface area is 129 Å². The number of rotatable bonds is 8. The van der Waals surface area contributed by atoms with E-state index in [1.807, 2.05) is 0 Å². The van der Waals surface area contributed by atoms with Gasteiger partial charge in [0.15, 0.2) is 0 Å². The summed E-state index contributed by atoms with van der Waals surface area (Å²) in [5, 5.41) is 0. The molecule has 0 aromatic heterocycles. The van der Waals surface area contributed by atoms with Gasteiger partial charge in [-0.2, -0.15) is 26.3 Å². The molecule has 0 heterocycles. The first-order valence-corrected chi connectivity index (χ1v) is 8.18. The van der Waals surface area contributed by atoms with Crippen molar-refractivity contribution in [3.8, 4) is 0 Å². The van der Waals surface area contributed by atoms with Gasteiger partial charge in [-0.15, -0.1) is 0 Å². The molecule has 0 saturated heterocycles. The van der Waals surface area contributed by atoms with Crippen LogP contribution in [-0.2, 0) is 9.30 Å². The minimum Gasteiger partial charge on any atom is -0.373 e. The zero-order valence-electron chi connectivity index (χ0n) is 12.8. The molecular formula is C11H20F6NO4P. The molecule has 5 nitrogen and oxygen atoms in total. The molecule has 0 amide bonds.